The summed E-state index contributed by atoms with van der Waals surface area (Å²) in [4.78, 5) is 21.8. The zero-order chi connectivity index (χ0) is 14.4. The first-order valence-corrected chi connectivity index (χ1v) is 5.78. The van der Waals surface area contributed by atoms with Crippen LogP contribution in [0.5, 0.6) is 5.75 Å². The largest absolute Gasteiger partial charge is 0.497 e. The number of rotatable bonds is 7. The van der Waals surface area contributed by atoms with Gasteiger partial charge in [-0.3, -0.25) is 9.59 Å². The summed E-state index contributed by atoms with van der Waals surface area (Å²) in [6.07, 6.45) is 0.136. The Balaban J connectivity index is 2.72. The number of carboxylic acids is 2. The summed E-state index contributed by atoms with van der Waals surface area (Å²) in [6, 6.07) is 5.79. The normalized spacial score (nSPS) is 13.6. The van der Waals surface area contributed by atoms with Crippen LogP contribution >= 0.6 is 0 Å². The quantitative estimate of drug-likeness (QED) is 0.672. The Morgan fingerprint density at radius 1 is 1.21 bits per heavy atom. The SMILES string of the molecule is COc1ccc(C[C@H](C[C@@H](N)C(=O)O)C(=O)O)cc1. The van der Waals surface area contributed by atoms with Crippen LogP contribution in [0.1, 0.15) is 12.0 Å². The van der Waals surface area contributed by atoms with E-state index in [1.54, 1.807) is 31.4 Å². The fourth-order valence-electron chi connectivity index (χ4n) is 1.72. The van der Waals surface area contributed by atoms with Crippen LogP contribution in [-0.2, 0) is 16.0 Å². The van der Waals surface area contributed by atoms with Gasteiger partial charge in [0.25, 0.3) is 0 Å². The predicted octanol–water partition coefficient (Wildman–Crippen LogP) is 0.740. The molecule has 0 aromatic heterocycles. The summed E-state index contributed by atoms with van der Waals surface area (Å²) < 4.78 is 5.00. The van der Waals surface area contributed by atoms with Gasteiger partial charge in [0.2, 0.25) is 0 Å². The fraction of sp³-hybridized carbons (Fsp3) is 0.385. The van der Waals surface area contributed by atoms with Gasteiger partial charge in [0.1, 0.15) is 11.8 Å². The van der Waals surface area contributed by atoms with Gasteiger partial charge in [-0.2, -0.15) is 0 Å². The van der Waals surface area contributed by atoms with E-state index in [1.165, 1.54) is 0 Å². The monoisotopic (exact) mass is 267 g/mol. The van der Waals surface area contributed by atoms with Crippen LogP contribution in [0.3, 0.4) is 0 Å². The van der Waals surface area contributed by atoms with E-state index in [-0.39, 0.29) is 12.8 Å². The third kappa shape index (κ3) is 4.59. The Bertz CT molecular complexity index is 443. The van der Waals surface area contributed by atoms with Crippen molar-refractivity contribution in [3.05, 3.63) is 29.8 Å². The number of benzene rings is 1. The minimum atomic E-state index is -1.19. The number of ether oxygens (including phenoxy) is 1. The van der Waals surface area contributed by atoms with E-state index in [2.05, 4.69) is 0 Å². The van der Waals surface area contributed by atoms with Crippen LogP contribution in [-0.4, -0.2) is 35.3 Å². The molecule has 0 amide bonds. The van der Waals surface area contributed by atoms with E-state index in [4.69, 9.17) is 20.7 Å². The second kappa shape index (κ2) is 6.75. The number of hydrogen-bond acceptors (Lipinski definition) is 4. The van der Waals surface area contributed by atoms with Gasteiger partial charge in [0.15, 0.2) is 0 Å². The first kappa shape index (κ1) is 15.0. The van der Waals surface area contributed by atoms with Crippen molar-refractivity contribution in [3.8, 4) is 5.75 Å². The highest BCUT2D eigenvalue weighted by molar-refractivity contribution is 5.76. The number of nitrogens with two attached hydrogens (primary N) is 1. The highest BCUT2D eigenvalue weighted by Crippen LogP contribution is 2.17. The molecule has 4 N–H and O–H groups in total. The van der Waals surface area contributed by atoms with Crippen LogP contribution in [0.4, 0.5) is 0 Å². The molecule has 19 heavy (non-hydrogen) atoms. The molecule has 0 aliphatic carbocycles. The lowest BCUT2D eigenvalue weighted by Crippen LogP contribution is -2.35. The van der Waals surface area contributed by atoms with Crippen molar-refractivity contribution in [2.24, 2.45) is 11.7 Å². The van der Waals surface area contributed by atoms with Gasteiger partial charge in [-0.25, -0.2) is 0 Å². The molecule has 0 heterocycles. The first-order chi connectivity index (χ1) is 8.93. The molecule has 0 spiro atoms. The topological polar surface area (TPSA) is 110 Å². The molecule has 6 heteroatoms. The summed E-state index contributed by atoms with van der Waals surface area (Å²) in [5, 5.41) is 17.8. The third-order valence-electron chi connectivity index (χ3n) is 2.85. The zero-order valence-corrected chi connectivity index (χ0v) is 10.6. The number of aliphatic carboxylic acids is 2. The lowest BCUT2D eigenvalue weighted by atomic mass is 9.93. The van der Waals surface area contributed by atoms with Crippen molar-refractivity contribution in [2.75, 3.05) is 7.11 Å². The Morgan fingerprint density at radius 2 is 1.79 bits per heavy atom. The Hall–Kier alpha value is -2.08. The second-order valence-electron chi connectivity index (χ2n) is 4.27. The van der Waals surface area contributed by atoms with Gasteiger partial charge >= 0.3 is 11.9 Å². The van der Waals surface area contributed by atoms with Crippen LogP contribution in [0.15, 0.2) is 24.3 Å². The fourth-order valence-corrected chi connectivity index (χ4v) is 1.72. The average molecular weight is 267 g/mol. The summed E-state index contributed by atoms with van der Waals surface area (Å²) in [7, 11) is 1.54. The average Bonchev–Trinajstić information content (AvgIpc) is 2.38. The number of carboxylic acid groups (broad SMARTS) is 2. The molecule has 0 bridgehead atoms. The second-order valence-corrected chi connectivity index (χ2v) is 4.27. The Morgan fingerprint density at radius 3 is 2.21 bits per heavy atom. The molecule has 1 rings (SSSR count). The number of methoxy groups -OCH3 is 1. The molecule has 0 fully saturated rings. The third-order valence-corrected chi connectivity index (χ3v) is 2.85. The van der Waals surface area contributed by atoms with E-state index in [1.807, 2.05) is 0 Å². The number of hydrogen-bond donors (Lipinski definition) is 3. The van der Waals surface area contributed by atoms with Crippen LogP contribution < -0.4 is 10.5 Å². The van der Waals surface area contributed by atoms with E-state index >= 15 is 0 Å². The van der Waals surface area contributed by atoms with Gasteiger partial charge in [-0.05, 0) is 30.5 Å². The molecule has 0 aliphatic rings. The predicted molar refractivity (Wildman–Crippen MR) is 68.1 cm³/mol. The maximum absolute atomic E-state index is 11.1. The molecule has 6 nitrogen and oxygen atoms in total. The van der Waals surface area contributed by atoms with E-state index < -0.39 is 23.9 Å². The molecule has 0 saturated heterocycles. The summed E-state index contributed by atoms with van der Waals surface area (Å²) in [6.45, 7) is 0. The van der Waals surface area contributed by atoms with Gasteiger partial charge < -0.3 is 20.7 Å². The Labute approximate surface area is 110 Å². The van der Waals surface area contributed by atoms with Crippen molar-refractivity contribution in [2.45, 2.75) is 18.9 Å². The van der Waals surface area contributed by atoms with Gasteiger partial charge in [0.05, 0.1) is 13.0 Å². The van der Waals surface area contributed by atoms with Crippen molar-refractivity contribution in [1.82, 2.24) is 0 Å². The Kier molecular flexibility index (Phi) is 5.32. The van der Waals surface area contributed by atoms with Crippen molar-refractivity contribution >= 4 is 11.9 Å². The van der Waals surface area contributed by atoms with Crippen LogP contribution in [0.25, 0.3) is 0 Å². The van der Waals surface area contributed by atoms with Gasteiger partial charge in [0, 0.05) is 0 Å². The molecule has 1 aromatic carbocycles. The molecule has 0 saturated carbocycles. The van der Waals surface area contributed by atoms with Crippen LogP contribution in [0, 0.1) is 5.92 Å². The minimum Gasteiger partial charge on any atom is -0.497 e. The number of carbonyl (C=O) groups is 2. The maximum Gasteiger partial charge on any atom is 0.320 e. The van der Waals surface area contributed by atoms with Crippen molar-refractivity contribution in [1.29, 1.82) is 0 Å². The van der Waals surface area contributed by atoms with Gasteiger partial charge in [-0.15, -0.1) is 0 Å². The van der Waals surface area contributed by atoms with Crippen LogP contribution in [0.2, 0.25) is 0 Å². The maximum atomic E-state index is 11.1. The molecule has 0 unspecified atom stereocenters. The lowest BCUT2D eigenvalue weighted by molar-refractivity contribution is -0.143. The molecule has 1 aromatic rings. The highest BCUT2D eigenvalue weighted by Gasteiger charge is 2.24. The van der Waals surface area contributed by atoms with Crippen molar-refractivity contribution in [3.63, 3.8) is 0 Å². The molecular formula is C13H17NO5. The molecule has 0 radical (unpaired) electrons. The lowest BCUT2D eigenvalue weighted by Gasteiger charge is -2.15. The molecular weight excluding hydrogens is 250 g/mol. The zero-order valence-electron chi connectivity index (χ0n) is 10.6. The minimum absolute atomic E-state index is 0.101. The summed E-state index contributed by atoms with van der Waals surface area (Å²) >= 11 is 0. The smallest absolute Gasteiger partial charge is 0.320 e. The highest BCUT2D eigenvalue weighted by atomic mass is 16.5. The standard InChI is InChI=1S/C13H17NO5/c1-19-10-4-2-8(3-5-10)6-9(12(15)16)7-11(14)13(17)18/h2-5,9,11H,6-7,14H2,1H3,(H,15,16)(H,17,18)/t9-,11-/m1/s1. The molecule has 0 aliphatic heterocycles. The summed E-state index contributed by atoms with van der Waals surface area (Å²) in [5.41, 5.74) is 6.17. The van der Waals surface area contributed by atoms with Crippen molar-refractivity contribution < 1.29 is 24.5 Å². The van der Waals surface area contributed by atoms with Gasteiger partial charge in [-0.1, -0.05) is 12.1 Å². The summed E-state index contributed by atoms with van der Waals surface area (Å²) in [5.74, 6) is -2.38. The van der Waals surface area contributed by atoms with E-state index in [0.29, 0.717) is 5.75 Å². The first-order valence-electron chi connectivity index (χ1n) is 5.78. The van der Waals surface area contributed by atoms with E-state index in [0.717, 1.165) is 5.56 Å². The molecule has 104 valence electrons. The molecule has 2 atom stereocenters. The van der Waals surface area contributed by atoms with E-state index in [9.17, 15) is 9.59 Å².